The number of amides is 4. The third kappa shape index (κ3) is 4.84. The Morgan fingerprint density at radius 3 is 2.36 bits per heavy atom. The number of rotatable bonds is 7. The third-order valence-corrected chi connectivity index (χ3v) is 8.92. The van der Waals surface area contributed by atoms with Crippen LogP contribution in [0.5, 0.6) is 0 Å². The molecule has 4 amide bonds. The molecule has 1 aromatic heterocycles. The number of anilines is 1. The topological polar surface area (TPSA) is 85.5 Å². The van der Waals surface area contributed by atoms with Gasteiger partial charge in [0.2, 0.25) is 0 Å². The number of H-pyrrole nitrogens is 1. The summed E-state index contributed by atoms with van der Waals surface area (Å²) in [7, 11) is 0. The Morgan fingerprint density at radius 1 is 0.909 bits per heavy atom. The number of nitrogens with one attached hydrogen (secondary N) is 2. The first-order chi connectivity index (χ1) is 21.4. The Labute approximate surface area is 256 Å². The Balaban J connectivity index is 1.13. The van der Waals surface area contributed by atoms with Crippen molar-refractivity contribution in [2.24, 2.45) is 0 Å². The van der Waals surface area contributed by atoms with Gasteiger partial charge in [-0.25, -0.2) is 9.69 Å². The quantitative estimate of drug-likeness (QED) is 0.209. The van der Waals surface area contributed by atoms with Crippen LogP contribution in [0.4, 0.5) is 10.5 Å². The summed E-state index contributed by atoms with van der Waals surface area (Å²) in [6, 6.07) is 31.7. The molecule has 2 aliphatic heterocycles. The highest BCUT2D eigenvalue weighted by Crippen LogP contribution is 2.44. The molecule has 0 radical (unpaired) electrons. The van der Waals surface area contributed by atoms with Crippen LogP contribution in [0.3, 0.4) is 0 Å². The van der Waals surface area contributed by atoms with E-state index in [2.05, 4.69) is 28.5 Å². The summed E-state index contributed by atoms with van der Waals surface area (Å²) < 4.78 is 0. The molecule has 5 aromatic rings. The molecule has 3 heterocycles. The van der Waals surface area contributed by atoms with E-state index in [1.807, 2.05) is 74.5 Å². The van der Waals surface area contributed by atoms with Crippen molar-refractivity contribution in [1.29, 1.82) is 0 Å². The molecule has 1 fully saturated rings. The van der Waals surface area contributed by atoms with E-state index in [0.29, 0.717) is 17.7 Å². The first-order valence-electron chi connectivity index (χ1n) is 15.2. The number of para-hydroxylation sites is 1. The number of hydrogen-bond acceptors (Lipinski definition) is 3. The van der Waals surface area contributed by atoms with Gasteiger partial charge in [-0.05, 0) is 73.7 Å². The number of benzene rings is 4. The van der Waals surface area contributed by atoms with Gasteiger partial charge in [0.1, 0.15) is 12.1 Å². The molecule has 0 saturated carbocycles. The lowest BCUT2D eigenvalue weighted by atomic mass is 9.88. The van der Waals surface area contributed by atoms with Crippen LogP contribution in [0.1, 0.15) is 57.7 Å². The monoisotopic (exact) mass is 582 g/mol. The number of urea groups is 1. The molecule has 0 spiro atoms. The van der Waals surface area contributed by atoms with Crippen molar-refractivity contribution >= 4 is 34.4 Å². The fraction of sp³-hybridized carbons (Fsp3) is 0.216. The summed E-state index contributed by atoms with van der Waals surface area (Å²) in [5.74, 6) is -0.437. The zero-order chi connectivity index (χ0) is 30.4. The molecule has 1 saturated heterocycles. The van der Waals surface area contributed by atoms with E-state index in [4.69, 9.17) is 0 Å². The van der Waals surface area contributed by atoms with Gasteiger partial charge in [-0.2, -0.15) is 0 Å². The second-order valence-corrected chi connectivity index (χ2v) is 11.9. The van der Waals surface area contributed by atoms with Crippen molar-refractivity contribution in [2.45, 2.75) is 51.2 Å². The van der Waals surface area contributed by atoms with Gasteiger partial charge in [0.05, 0.1) is 5.69 Å². The van der Waals surface area contributed by atoms with Gasteiger partial charge in [-0.15, -0.1) is 0 Å². The number of nitrogens with zero attached hydrogens (tertiary/aromatic N) is 2. The number of carbonyl (C=O) groups excluding carboxylic acids is 3. The Kier molecular flexibility index (Phi) is 7.01. The van der Waals surface area contributed by atoms with Crippen molar-refractivity contribution in [3.05, 3.63) is 137 Å². The van der Waals surface area contributed by atoms with Crippen molar-refractivity contribution in [3.8, 4) is 0 Å². The molecule has 7 rings (SSSR count). The van der Waals surface area contributed by atoms with Gasteiger partial charge in [0, 0.05) is 34.6 Å². The second kappa shape index (κ2) is 11.2. The minimum atomic E-state index is -0.631. The maximum Gasteiger partial charge on any atom is 0.332 e. The zero-order valence-corrected chi connectivity index (χ0v) is 24.8. The van der Waals surface area contributed by atoms with E-state index >= 15 is 0 Å². The van der Waals surface area contributed by atoms with Crippen LogP contribution < -0.4 is 10.2 Å². The van der Waals surface area contributed by atoms with Gasteiger partial charge < -0.3 is 10.3 Å². The van der Waals surface area contributed by atoms with Gasteiger partial charge in [-0.1, -0.05) is 78.4 Å². The lowest BCUT2D eigenvalue weighted by Crippen LogP contribution is -2.44. The van der Waals surface area contributed by atoms with E-state index in [-0.39, 0.29) is 23.9 Å². The highest BCUT2D eigenvalue weighted by Gasteiger charge is 2.53. The van der Waals surface area contributed by atoms with Gasteiger partial charge in [0.15, 0.2) is 0 Å². The molecule has 3 unspecified atom stereocenters. The fourth-order valence-electron chi connectivity index (χ4n) is 6.58. The zero-order valence-electron chi connectivity index (χ0n) is 24.8. The summed E-state index contributed by atoms with van der Waals surface area (Å²) >= 11 is 0. The third-order valence-electron chi connectivity index (χ3n) is 8.92. The Morgan fingerprint density at radius 2 is 1.61 bits per heavy atom. The number of hydrogen-bond donors (Lipinski definition) is 2. The van der Waals surface area contributed by atoms with Crippen molar-refractivity contribution < 1.29 is 14.4 Å². The van der Waals surface area contributed by atoms with E-state index in [0.717, 1.165) is 46.1 Å². The molecule has 2 N–H and O–H groups in total. The molecule has 4 aromatic carbocycles. The van der Waals surface area contributed by atoms with E-state index < -0.39 is 12.1 Å². The van der Waals surface area contributed by atoms with E-state index in [1.165, 1.54) is 10.5 Å². The number of aromatic nitrogens is 1. The largest absolute Gasteiger partial charge is 0.356 e. The highest BCUT2D eigenvalue weighted by molar-refractivity contribution is 6.22. The lowest BCUT2D eigenvalue weighted by Gasteiger charge is -2.36. The summed E-state index contributed by atoms with van der Waals surface area (Å²) in [5, 5.41) is 4.14. The summed E-state index contributed by atoms with van der Waals surface area (Å²) in [4.78, 5) is 47.6. The maximum atomic E-state index is 14.1. The summed E-state index contributed by atoms with van der Waals surface area (Å²) in [6.45, 7) is 4.03. The smallest absolute Gasteiger partial charge is 0.332 e. The van der Waals surface area contributed by atoms with Crippen LogP contribution in [-0.2, 0) is 17.6 Å². The average molecular weight is 583 g/mol. The van der Waals surface area contributed by atoms with Gasteiger partial charge in [0.25, 0.3) is 11.8 Å². The first kappa shape index (κ1) is 27.7. The molecule has 220 valence electrons. The van der Waals surface area contributed by atoms with Gasteiger partial charge in [-0.3, -0.25) is 14.5 Å². The van der Waals surface area contributed by atoms with Crippen LogP contribution in [0.15, 0.2) is 103 Å². The molecule has 7 nitrogen and oxygen atoms in total. The van der Waals surface area contributed by atoms with Crippen LogP contribution in [0.2, 0.25) is 0 Å². The first-order valence-corrected chi connectivity index (χ1v) is 15.2. The Hall–Kier alpha value is -5.17. The predicted molar refractivity (Wildman–Crippen MR) is 172 cm³/mol. The summed E-state index contributed by atoms with van der Waals surface area (Å²) in [6.07, 6.45) is 2.13. The molecular formula is C37H34N4O3. The van der Waals surface area contributed by atoms with Gasteiger partial charge >= 0.3 is 6.03 Å². The average Bonchev–Trinajstić information content (AvgIpc) is 3.54. The SMILES string of the molecule is Cc1ccc(C2c3[nH]c4ccccc4c3CC3C(=O)N(c4ccc(C(=O)NC(C)CCc5ccccc5)cc4)C(=O)N32)cc1. The number of imide groups is 1. The Bertz CT molecular complexity index is 1860. The van der Waals surface area contributed by atoms with Crippen molar-refractivity contribution in [3.63, 3.8) is 0 Å². The van der Waals surface area contributed by atoms with Crippen LogP contribution >= 0.6 is 0 Å². The standard InChI is InChI=1S/C37H34N4O3/c1-23-12-16-26(17-13-23)34-33-30(29-10-6-7-11-31(29)39-33)22-32-36(43)40(37(44)41(32)34)28-20-18-27(19-21-28)35(42)38-24(2)14-15-25-8-4-3-5-9-25/h3-13,16-21,24,32,34,39H,14-15,22H2,1-2H3,(H,38,42). The second-order valence-electron chi connectivity index (χ2n) is 11.9. The van der Waals surface area contributed by atoms with E-state index in [1.54, 1.807) is 29.2 Å². The van der Waals surface area contributed by atoms with E-state index in [9.17, 15) is 14.4 Å². The van der Waals surface area contributed by atoms with Crippen LogP contribution in [0, 0.1) is 6.92 Å². The predicted octanol–water partition coefficient (Wildman–Crippen LogP) is 6.71. The number of carbonyl (C=O) groups is 3. The number of aryl methyl sites for hydroxylation is 2. The minimum Gasteiger partial charge on any atom is -0.356 e. The molecular weight excluding hydrogens is 548 g/mol. The molecule has 7 heteroatoms. The number of aromatic amines is 1. The molecule has 44 heavy (non-hydrogen) atoms. The number of fused-ring (bicyclic) bond motifs is 4. The molecule has 3 atom stereocenters. The van der Waals surface area contributed by atoms with Crippen molar-refractivity contribution in [1.82, 2.24) is 15.2 Å². The maximum absolute atomic E-state index is 14.1. The normalized spacial score (nSPS) is 18.3. The molecule has 0 bridgehead atoms. The van der Waals surface area contributed by atoms with Crippen LogP contribution in [-0.4, -0.2) is 39.8 Å². The summed E-state index contributed by atoms with van der Waals surface area (Å²) in [5.41, 5.74) is 7.26. The fourth-order valence-corrected chi connectivity index (χ4v) is 6.58. The van der Waals surface area contributed by atoms with Crippen LogP contribution in [0.25, 0.3) is 10.9 Å². The molecule has 0 aliphatic carbocycles. The lowest BCUT2D eigenvalue weighted by molar-refractivity contribution is -0.120. The molecule has 2 aliphatic rings. The minimum absolute atomic E-state index is 0.00746. The van der Waals surface area contributed by atoms with Crippen molar-refractivity contribution in [2.75, 3.05) is 4.90 Å². The highest BCUT2D eigenvalue weighted by atomic mass is 16.2.